The molecule has 0 bridgehead atoms. The third kappa shape index (κ3) is 5.95. The van der Waals surface area contributed by atoms with Crippen LogP contribution in [0.25, 0.3) is 0 Å². The van der Waals surface area contributed by atoms with Crippen molar-refractivity contribution in [2.45, 2.75) is 132 Å². The summed E-state index contributed by atoms with van der Waals surface area (Å²) >= 11 is 0. The van der Waals surface area contributed by atoms with Gasteiger partial charge in [0.05, 0.1) is 13.0 Å². The molecule has 0 aromatic heterocycles. The molecule has 0 saturated heterocycles. The van der Waals surface area contributed by atoms with E-state index in [0.717, 1.165) is 38.1 Å². The van der Waals surface area contributed by atoms with Crippen molar-refractivity contribution in [3.05, 3.63) is 41.0 Å². The summed E-state index contributed by atoms with van der Waals surface area (Å²) in [5, 5.41) is 13.3. The molecular formula is C46H67NO5. The molecule has 0 heterocycles. The standard InChI is InChI=1S/C46H67NO5/c1-27(2)40-37(49)25-46(21-22-47-26-29-9-11-31(52-8)12-10-29)20-16-35-32(41(40)46)13-14-39-44(35,6)19-17-38-43(4,5)30(15-18-45(38,39)7)23-36(48)33-24-34(28(33)3)42(50)51/h9-12,27-28,30,32-35,38-39,47H,13-26H2,1-8H3,(H,50,51). The van der Waals surface area contributed by atoms with Crippen LogP contribution in [-0.2, 0) is 20.9 Å². The maximum atomic E-state index is 13.9. The molecule has 6 heteroatoms. The zero-order valence-corrected chi connectivity index (χ0v) is 33.5. The van der Waals surface area contributed by atoms with Gasteiger partial charge < -0.3 is 15.2 Å². The van der Waals surface area contributed by atoms with Crippen LogP contribution >= 0.6 is 0 Å². The number of nitrogens with one attached hydrogen (secondary N) is 1. The smallest absolute Gasteiger partial charge is 0.306 e. The molecule has 0 aliphatic heterocycles. The fourth-order valence-corrected chi connectivity index (χ4v) is 14.4. The van der Waals surface area contributed by atoms with Gasteiger partial charge in [-0.15, -0.1) is 0 Å². The third-order valence-electron chi connectivity index (χ3n) is 17.2. The topological polar surface area (TPSA) is 92.7 Å². The lowest BCUT2D eigenvalue weighted by Crippen LogP contribution is -2.62. The predicted octanol–water partition coefficient (Wildman–Crippen LogP) is 9.70. The van der Waals surface area contributed by atoms with Gasteiger partial charge in [0, 0.05) is 30.7 Å². The van der Waals surface area contributed by atoms with Crippen LogP contribution in [0, 0.1) is 74.9 Å². The highest BCUT2D eigenvalue weighted by molar-refractivity contribution is 6.00. The molecule has 0 radical (unpaired) electrons. The van der Waals surface area contributed by atoms with Crippen LogP contribution in [0.4, 0.5) is 0 Å². The largest absolute Gasteiger partial charge is 0.497 e. The molecule has 2 N–H and O–H groups in total. The van der Waals surface area contributed by atoms with Crippen molar-refractivity contribution in [1.82, 2.24) is 5.32 Å². The predicted molar refractivity (Wildman–Crippen MR) is 206 cm³/mol. The second kappa shape index (κ2) is 13.7. The van der Waals surface area contributed by atoms with E-state index in [4.69, 9.17) is 4.74 Å². The summed E-state index contributed by atoms with van der Waals surface area (Å²) < 4.78 is 5.34. The number of ether oxygens (including phenoxy) is 1. The molecule has 286 valence electrons. The number of carboxylic acid groups (broad SMARTS) is 1. The van der Waals surface area contributed by atoms with Crippen LogP contribution in [-0.4, -0.2) is 36.3 Å². The van der Waals surface area contributed by atoms with Crippen LogP contribution in [0.2, 0.25) is 0 Å². The van der Waals surface area contributed by atoms with Crippen molar-refractivity contribution >= 4 is 17.5 Å². The van der Waals surface area contributed by atoms with Gasteiger partial charge in [-0.1, -0.05) is 66.2 Å². The number of benzene rings is 1. The van der Waals surface area contributed by atoms with Gasteiger partial charge >= 0.3 is 5.97 Å². The van der Waals surface area contributed by atoms with Crippen molar-refractivity contribution in [2.24, 2.45) is 74.9 Å². The molecule has 7 rings (SSSR count). The van der Waals surface area contributed by atoms with Gasteiger partial charge in [-0.05, 0) is 152 Å². The van der Waals surface area contributed by atoms with Crippen molar-refractivity contribution in [3.8, 4) is 5.75 Å². The fraction of sp³-hybridized carbons (Fsp3) is 0.761. The molecule has 11 unspecified atom stereocenters. The highest BCUT2D eigenvalue weighted by Gasteiger charge is 2.66. The lowest BCUT2D eigenvalue weighted by Gasteiger charge is -2.69. The van der Waals surface area contributed by atoms with Gasteiger partial charge in [0.2, 0.25) is 0 Å². The van der Waals surface area contributed by atoms with Crippen molar-refractivity contribution in [3.63, 3.8) is 0 Å². The van der Waals surface area contributed by atoms with E-state index in [1.54, 1.807) is 12.7 Å². The summed E-state index contributed by atoms with van der Waals surface area (Å²) in [6, 6.07) is 8.31. The Labute approximate surface area is 313 Å². The number of hydrogen-bond donors (Lipinski definition) is 2. The Morgan fingerprint density at radius 1 is 0.923 bits per heavy atom. The molecular weight excluding hydrogens is 647 g/mol. The summed E-state index contributed by atoms with van der Waals surface area (Å²) in [5.41, 5.74) is 4.62. The van der Waals surface area contributed by atoms with E-state index in [0.29, 0.717) is 60.4 Å². The van der Waals surface area contributed by atoms with Crippen molar-refractivity contribution in [2.75, 3.05) is 13.7 Å². The highest BCUT2D eigenvalue weighted by atomic mass is 16.5. The van der Waals surface area contributed by atoms with Gasteiger partial charge in [0.1, 0.15) is 11.5 Å². The summed E-state index contributed by atoms with van der Waals surface area (Å²) in [7, 11) is 1.70. The Hall–Kier alpha value is -2.47. The Morgan fingerprint density at radius 2 is 1.63 bits per heavy atom. The second-order valence-corrected chi connectivity index (χ2v) is 20.0. The van der Waals surface area contributed by atoms with Crippen molar-refractivity contribution in [1.29, 1.82) is 0 Å². The second-order valence-electron chi connectivity index (χ2n) is 20.0. The highest BCUT2D eigenvalue weighted by Crippen LogP contribution is 2.74. The number of carboxylic acids is 1. The molecule has 1 aromatic carbocycles. The Bertz CT molecular complexity index is 1590. The first kappa shape index (κ1) is 37.8. The summed E-state index contributed by atoms with van der Waals surface area (Å²) in [5.74, 6) is 3.43. The minimum Gasteiger partial charge on any atom is -0.497 e. The van der Waals surface area contributed by atoms with Gasteiger partial charge in [-0.25, -0.2) is 0 Å². The minimum atomic E-state index is -0.747. The number of fused-ring (bicyclic) bond motifs is 7. The number of carbonyl (C=O) groups is 3. The third-order valence-corrected chi connectivity index (χ3v) is 17.2. The quantitative estimate of drug-likeness (QED) is 0.222. The molecule has 6 nitrogen and oxygen atoms in total. The molecule has 11 atom stereocenters. The number of hydrogen-bond acceptors (Lipinski definition) is 5. The van der Waals surface area contributed by atoms with Gasteiger partial charge in [-0.2, -0.15) is 0 Å². The van der Waals surface area contributed by atoms with Gasteiger partial charge in [-0.3, -0.25) is 14.4 Å². The lowest BCUT2D eigenvalue weighted by molar-refractivity contribution is -0.193. The van der Waals surface area contributed by atoms with E-state index in [-0.39, 0.29) is 45.3 Å². The Morgan fingerprint density at radius 3 is 2.29 bits per heavy atom. The number of rotatable bonds is 11. The van der Waals surface area contributed by atoms with E-state index < -0.39 is 5.97 Å². The summed E-state index contributed by atoms with van der Waals surface area (Å²) in [6.07, 6.45) is 12.5. The average Bonchev–Trinajstić information content (AvgIpc) is 3.39. The van der Waals surface area contributed by atoms with Crippen LogP contribution in [0.5, 0.6) is 5.75 Å². The van der Waals surface area contributed by atoms with Gasteiger partial charge in [0.25, 0.3) is 0 Å². The maximum absolute atomic E-state index is 13.9. The molecule has 0 spiro atoms. The molecule has 6 aliphatic carbocycles. The number of ketones is 2. The van der Waals surface area contributed by atoms with E-state index in [1.165, 1.54) is 49.7 Å². The van der Waals surface area contributed by atoms with Crippen LogP contribution in [0.3, 0.4) is 0 Å². The van der Waals surface area contributed by atoms with Crippen LogP contribution in [0.1, 0.15) is 131 Å². The monoisotopic (exact) mass is 714 g/mol. The normalized spacial score (nSPS) is 40.7. The minimum absolute atomic E-state index is 0.00404. The fourth-order valence-electron chi connectivity index (χ4n) is 14.4. The summed E-state index contributed by atoms with van der Waals surface area (Å²) in [4.78, 5) is 39.1. The molecule has 5 saturated carbocycles. The number of methoxy groups -OCH3 is 1. The Balaban J connectivity index is 1.07. The number of Topliss-reactive ketones (excluding diaryl/α,β-unsaturated/α-hetero) is 2. The zero-order valence-electron chi connectivity index (χ0n) is 33.5. The van der Waals surface area contributed by atoms with Gasteiger partial charge in [0.15, 0.2) is 5.78 Å². The van der Waals surface area contributed by atoms with E-state index in [9.17, 15) is 19.5 Å². The molecule has 52 heavy (non-hydrogen) atoms. The molecule has 1 aromatic rings. The maximum Gasteiger partial charge on any atom is 0.306 e. The number of aliphatic carboxylic acids is 1. The van der Waals surface area contributed by atoms with Crippen molar-refractivity contribution < 1.29 is 24.2 Å². The zero-order chi connectivity index (χ0) is 37.4. The Kier molecular flexibility index (Phi) is 9.95. The van der Waals surface area contributed by atoms with E-state index >= 15 is 0 Å². The first-order valence-corrected chi connectivity index (χ1v) is 20.9. The first-order valence-electron chi connectivity index (χ1n) is 20.9. The lowest BCUT2D eigenvalue weighted by atomic mass is 9.35. The molecule has 5 fully saturated rings. The van der Waals surface area contributed by atoms with Crippen LogP contribution < -0.4 is 10.1 Å². The number of allylic oxidation sites excluding steroid dienone is 2. The number of carbonyl (C=O) groups excluding carboxylic acids is 2. The van der Waals surface area contributed by atoms with E-state index in [2.05, 4.69) is 59.0 Å². The van der Waals surface area contributed by atoms with E-state index in [1.807, 2.05) is 19.1 Å². The summed E-state index contributed by atoms with van der Waals surface area (Å²) in [6.45, 7) is 18.4. The molecule has 0 amide bonds. The molecule has 6 aliphatic rings. The SMILES string of the molecule is COc1ccc(CNCCC23CCC4C(CCC5C4(C)CCC4C(C)(C)C(CC(=O)C6CC(C(=O)O)C6C)CCC45C)C2=C(C(C)C)C(=O)C3)cc1. The first-order chi connectivity index (χ1) is 24.6. The average molecular weight is 714 g/mol. The van der Waals surface area contributed by atoms with Crippen LogP contribution in [0.15, 0.2) is 35.4 Å².